The first-order valence-electron chi connectivity index (χ1n) is 6.89. The Bertz CT molecular complexity index is 602. The third kappa shape index (κ3) is 3.84. The van der Waals surface area contributed by atoms with Gasteiger partial charge in [0, 0.05) is 24.5 Å². The Morgan fingerprint density at radius 1 is 1.29 bits per heavy atom. The molecule has 2 aromatic rings. The molecule has 3 N–H and O–H groups in total. The molecule has 2 rings (SSSR count). The number of halogens is 1. The Balaban J connectivity index is 2.23. The maximum atomic E-state index is 13.8. The topological polar surface area (TPSA) is 60.2 Å². The molecule has 1 atom stereocenters. The van der Waals surface area contributed by atoms with Crippen LogP contribution in [0.25, 0.3) is 0 Å². The Kier molecular flexibility index (Phi) is 4.62. The van der Waals surface area contributed by atoms with Gasteiger partial charge in [0.25, 0.3) is 0 Å². The summed E-state index contributed by atoms with van der Waals surface area (Å²) in [7, 11) is 0. The molecule has 0 radical (unpaired) electrons. The van der Waals surface area contributed by atoms with Crippen LogP contribution in [0, 0.1) is 5.82 Å². The Hall–Kier alpha value is -2.30. The van der Waals surface area contributed by atoms with Gasteiger partial charge in [-0.05, 0) is 32.4 Å². The zero-order valence-electron chi connectivity index (χ0n) is 12.4. The number of nitrogens with one attached hydrogen (secondary N) is 1. The normalized spacial score (nSPS) is 12.2. The Labute approximate surface area is 124 Å². The van der Waals surface area contributed by atoms with Gasteiger partial charge in [-0.25, -0.2) is 4.39 Å². The average Bonchev–Trinajstić information content (AvgIpc) is 2.44. The molecule has 0 fully saturated rings. The van der Waals surface area contributed by atoms with E-state index < -0.39 is 5.82 Å². The lowest BCUT2D eigenvalue weighted by Gasteiger charge is -2.19. The number of aromatic nitrogens is 1. The SMILES string of the molecule is CC(C)Oc1cc(NC(C)c2cccnc2)c(N)cc1F. The van der Waals surface area contributed by atoms with Crippen molar-refractivity contribution in [3.63, 3.8) is 0 Å². The maximum Gasteiger partial charge on any atom is 0.167 e. The number of rotatable bonds is 5. The lowest BCUT2D eigenvalue weighted by molar-refractivity contribution is 0.231. The summed E-state index contributed by atoms with van der Waals surface area (Å²) < 4.78 is 19.3. The molecule has 0 aliphatic carbocycles. The molecule has 1 aromatic heterocycles. The molecule has 4 nitrogen and oxygen atoms in total. The molecule has 0 aliphatic heterocycles. The monoisotopic (exact) mass is 289 g/mol. The number of pyridine rings is 1. The molecule has 0 bridgehead atoms. The number of anilines is 2. The van der Waals surface area contributed by atoms with Gasteiger partial charge in [-0.2, -0.15) is 0 Å². The fraction of sp³-hybridized carbons (Fsp3) is 0.312. The van der Waals surface area contributed by atoms with Crippen molar-refractivity contribution >= 4 is 11.4 Å². The highest BCUT2D eigenvalue weighted by Crippen LogP contribution is 2.31. The summed E-state index contributed by atoms with van der Waals surface area (Å²) in [5.41, 5.74) is 7.88. The van der Waals surface area contributed by atoms with Crippen LogP contribution in [0.3, 0.4) is 0 Å². The smallest absolute Gasteiger partial charge is 0.167 e. The lowest BCUT2D eigenvalue weighted by atomic mass is 10.1. The number of nitrogens with zero attached hydrogens (tertiary/aromatic N) is 1. The number of nitrogen functional groups attached to an aromatic ring is 1. The van der Waals surface area contributed by atoms with Crippen molar-refractivity contribution in [3.05, 3.63) is 48.0 Å². The average molecular weight is 289 g/mol. The van der Waals surface area contributed by atoms with Gasteiger partial charge < -0.3 is 15.8 Å². The number of hydrogen-bond donors (Lipinski definition) is 2. The second-order valence-corrected chi connectivity index (χ2v) is 5.19. The molecule has 5 heteroatoms. The van der Waals surface area contributed by atoms with Gasteiger partial charge in [-0.3, -0.25) is 4.98 Å². The van der Waals surface area contributed by atoms with Gasteiger partial charge in [0.05, 0.1) is 23.5 Å². The summed E-state index contributed by atoms with van der Waals surface area (Å²) in [5.74, 6) is -0.263. The van der Waals surface area contributed by atoms with Crippen LogP contribution in [0.2, 0.25) is 0 Å². The summed E-state index contributed by atoms with van der Waals surface area (Å²) in [6.07, 6.45) is 3.40. The number of ether oxygens (including phenoxy) is 1. The molecule has 21 heavy (non-hydrogen) atoms. The van der Waals surface area contributed by atoms with Gasteiger partial charge in [0.1, 0.15) is 0 Å². The quantitative estimate of drug-likeness (QED) is 0.823. The van der Waals surface area contributed by atoms with E-state index in [1.165, 1.54) is 6.07 Å². The van der Waals surface area contributed by atoms with Crippen molar-refractivity contribution in [1.82, 2.24) is 4.98 Å². The third-order valence-electron chi connectivity index (χ3n) is 3.02. The van der Waals surface area contributed by atoms with Crippen LogP contribution in [0.4, 0.5) is 15.8 Å². The molecular weight excluding hydrogens is 269 g/mol. The molecular formula is C16H20FN3O. The molecule has 1 aromatic carbocycles. The number of benzene rings is 1. The lowest BCUT2D eigenvalue weighted by Crippen LogP contribution is -2.11. The van der Waals surface area contributed by atoms with Gasteiger partial charge in [-0.15, -0.1) is 0 Å². The number of hydrogen-bond acceptors (Lipinski definition) is 4. The van der Waals surface area contributed by atoms with Gasteiger partial charge >= 0.3 is 0 Å². The van der Waals surface area contributed by atoms with Crippen LogP contribution in [-0.4, -0.2) is 11.1 Å². The van der Waals surface area contributed by atoms with Crippen molar-refractivity contribution < 1.29 is 9.13 Å². The van der Waals surface area contributed by atoms with E-state index in [1.807, 2.05) is 32.9 Å². The second-order valence-electron chi connectivity index (χ2n) is 5.19. The molecule has 112 valence electrons. The number of nitrogens with two attached hydrogens (primary N) is 1. The highest BCUT2D eigenvalue weighted by Gasteiger charge is 2.13. The first-order valence-corrected chi connectivity index (χ1v) is 6.89. The van der Waals surface area contributed by atoms with Crippen LogP contribution in [0.15, 0.2) is 36.7 Å². The summed E-state index contributed by atoms with van der Waals surface area (Å²) in [4.78, 5) is 4.08. The van der Waals surface area contributed by atoms with Crippen molar-refractivity contribution in [1.29, 1.82) is 0 Å². The van der Waals surface area contributed by atoms with Crippen molar-refractivity contribution in [2.75, 3.05) is 11.1 Å². The minimum Gasteiger partial charge on any atom is -0.488 e. The van der Waals surface area contributed by atoms with Crippen molar-refractivity contribution in [3.8, 4) is 5.75 Å². The minimum absolute atomic E-state index is 0.00152. The van der Waals surface area contributed by atoms with Crippen LogP contribution < -0.4 is 15.8 Å². The van der Waals surface area contributed by atoms with E-state index in [0.717, 1.165) is 5.56 Å². The van der Waals surface area contributed by atoms with E-state index in [9.17, 15) is 4.39 Å². The predicted molar refractivity (Wildman–Crippen MR) is 82.9 cm³/mol. The van der Waals surface area contributed by atoms with Crippen LogP contribution in [0.5, 0.6) is 5.75 Å². The van der Waals surface area contributed by atoms with E-state index in [0.29, 0.717) is 11.4 Å². The van der Waals surface area contributed by atoms with Gasteiger partial charge in [0.15, 0.2) is 11.6 Å². The predicted octanol–water partition coefficient (Wildman–Crippen LogP) is 3.76. The first kappa shape index (κ1) is 15.1. The van der Waals surface area contributed by atoms with Crippen LogP contribution in [-0.2, 0) is 0 Å². The summed E-state index contributed by atoms with van der Waals surface area (Å²) >= 11 is 0. The zero-order valence-corrected chi connectivity index (χ0v) is 12.4. The fourth-order valence-corrected chi connectivity index (χ4v) is 1.99. The van der Waals surface area contributed by atoms with Crippen molar-refractivity contribution in [2.24, 2.45) is 0 Å². The first-order chi connectivity index (χ1) is 9.97. The summed E-state index contributed by atoms with van der Waals surface area (Å²) in [5, 5.41) is 3.26. The Morgan fingerprint density at radius 3 is 2.67 bits per heavy atom. The molecule has 1 unspecified atom stereocenters. The largest absolute Gasteiger partial charge is 0.488 e. The summed E-state index contributed by atoms with van der Waals surface area (Å²) in [6, 6.07) is 6.71. The molecule has 0 amide bonds. The fourth-order valence-electron chi connectivity index (χ4n) is 1.99. The standard InChI is InChI=1S/C16H20FN3O/c1-10(2)21-16-8-15(14(18)7-13(16)17)20-11(3)12-5-4-6-19-9-12/h4-11,20H,18H2,1-3H3. The molecule has 0 aliphatic rings. The Morgan fingerprint density at radius 2 is 2.05 bits per heavy atom. The van der Waals surface area contributed by atoms with E-state index in [2.05, 4.69) is 10.3 Å². The highest BCUT2D eigenvalue weighted by atomic mass is 19.1. The van der Waals surface area contributed by atoms with Crippen LogP contribution in [0.1, 0.15) is 32.4 Å². The van der Waals surface area contributed by atoms with Crippen LogP contribution >= 0.6 is 0 Å². The summed E-state index contributed by atoms with van der Waals surface area (Å²) in [6.45, 7) is 5.69. The highest BCUT2D eigenvalue weighted by molar-refractivity contribution is 5.69. The molecule has 0 saturated carbocycles. The van der Waals surface area contributed by atoms with E-state index in [-0.39, 0.29) is 17.9 Å². The van der Waals surface area contributed by atoms with Crippen molar-refractivity contribution in [2.45, 2.75) is 32.9 Å². The molecule has 0 spiro atoms. The maximum absolute atomic E-state index is 13.8. The molecule has 0 saturated heterocycles. The van der Waals surface area contributed by atoms with Gasteiger partial charge in [0.2, 0.25) is 0 Å². The zero-order chi connectivity index (χ0) is 15.4. The van der Waals surface area contributed by atoms with E-state index in [1.54, 1.807) is 18.5 Å². The van der Waals surface area contributed by atoms with E-state index in [4.69, 9.17) is 10.5 Å². The minimum atomic E-state index is -0.458. The van der Waals surface area contributed by atoms with Gasteiger partial charge in [-0.1, -0.05) is 6.07 Å². The molecule has 1 heterocycles. The van der Waals surface area contributed by atoms with E-state index >= 15 is 0 Å². The third-order valence-corrected chi connectivity index (χ3v) is 3.02. The second kappa shape index (κ2) is 6.43.